The quantitative estimate of drug-likeness (QED) is 0.595. The van der Waals surface area contributed by atoms with Crippen LogP contribution in [-0.4, -0.2) is 58.9 Å². The first-order valence-electron chi connectivity index (χ1n) is 10.2. The number of hydrogen-bond acceptors (Lipinski definition) is 6. The summed E-state index contributed by atoms with van der Waals surface area (Å²) < 4.78 is 19.5. The lowest BCUT2D eigenvalue weighted by molar-refractivity contribution is -0.133. The highest BCUT2D eigenvalue weighted by Crippen LogP contribution is 2.10. The van der Waals surface area contributed by atoms with E-state index in [2.05, 4.69) is 15.6 Å². The van der Waals surface area contributed by atoms with Crippen LogP contribution in [-0.2, 0) is 16.1 Å². The number of fused-ring (bicyclic) bond motifs is 1. The van der Waals surface area contributed by atoms with Crippen molar-refractivity contribution in [2.24, 2.45) is 0 Å². The lowest BCUT2D eigenvalue weighted by Gasteiger charge is -2.26. The predicted octanol–water partition coefficient (Wildman–Crippen LogP) is 1.03. The molecule has 9 nitrogen and oxygen atoms in total. The second-order valence-electron chi connectivity index (χ2n) is 7.25. The van der Waals surface area contributed by atoms with Crippen LogP contribution >= 0.6 is 0 Å². The Morgan fingerprint density at radius 3 is 2.62 bits per heavy atom. The number of nitrogens with zero attached hydrogens (tertiary/aromatic N) is 3. The molecular formula is C22H22FN5O4. The third kappa shape index (κ3) is 4.75. The van der Waals surface area contributed by atoms with Crippen LogP contribution in [0.3, 0.4) is 0 Å². The summed E-state index contributed by atoms with van der Waals surface area (Å²) in [7, 11) is 0. The number of morpholine rings is 1. The fourth-order valence-electron chi connectivity index (χ4n) is 3.38. The summed E-state index contributed by atoms with van der Waals surface area (Å²) in [6.07, 6.45) is 2.83. The van der Waals surface area contributed by atoms with Crippen LogP contribution < -0.4 is 16.2 Å². The van der Waals surface area contributed by atoms with Gasteiger partial charge in [-0.2, -0.15) is 0 Å². The highest BCUT2D eigenvalue weighted by molar-refractivity contribution is 5.99. The van der Waals surface area contributed by atoms with Gasteiger partial charge >= 0.3 is 0 Å². The first kappa shape index (κ1) is 21.4. The van der Waals surface area contributed by atoms with Gasteiger partial charge in [-0.05, 0) is 29.8 Å². The van der Waals surface area contributed by atoms with E-state index in [1.807, 2.05) is 0 Å². The molecule has 2 aromatic heterocycles. The first-order chi connectivity index (χ1) is 15.5. The van der Waals surface area contributed by atoms with Crippen molar-refractivity contribution < 1.29 is 18.7 Å². The molecule has 0 radical (unpaired) electrons. The molecule has 3 heterocycles. The number of nitrogens with one attached hydrogen (secondary N) is 2. The van der Waals surface area contributed by atoms with Crippen LogP contribution in [0.2, 0.25) is 0 Å². The summed E-state index contributed by atoms with van der Waals surface area (Å²) in [5, 5.41) is 5.59. The van der Waals surface area contributed by atoms with E-state index >= 15 is 0 Å². The Morgan fingerprint density at radius 1 is 1.12 bits per heavy atom. The van der Waals surface area contributed by atoms with Gasteiger partial charge in [0, 0.05) is 25.8 Å². The van der Waals surface area contributed by atoms with E-state index in [9.17, 15) is 18.8 Å². The largest absolute Gasteiger partial charge is 0.378 e. The number of halogens is 1. The van der Waals surface area contributed by atoms with E-state index in [0.717, 1.165) is 5.56 Å². The van der Waals surface area contributed by atoms with Crippen LogP contribution in [0.15, 0.2) is 53.6 Å². The summed E-state index contributed by atoms with van der Waals surface area (Å²) >= 11 is 0. The van der Waals surface area contributed by atoms with Gasteiger partial charge in [0.1, 0.15) is 11.5 Å². The maximum absolute atomic E-state index is 13.0. The zero-order chi connectivity index (χ0) is 22.5. The smallest absolute Gasteiger partial charge is 0.281 e. The molecule has 3 aromatic rings. The summed E-state index contributed by atoms with van der Waals surface area (Å²) in [5.74, 6) is -0.900. The second kappa shape index (κ2) is 9.56. The highest BCUT2D eigenvalue weighted by Gasteiger charge is 2.18. The number of aromatic nitrogens is 2. The number of benzene rings is 1. The Kier molecular flexibility index (Phi) is 6.41. The Bertz CT molecular complexity index is 1190. The molecule has 0 atom stereocenters. The van der Waals surface area contributed by atoms with E-state index < -0.39 is 11.5 Å². The average molecular weight is 439 g/mol. The van der Waals surface area contributed by atoms with Crippen LogP contribution in [0.4, 0.5) is 10.1 Å². The van der Waals surface area contributed by atoms with Crippen molar-refractivity contribution in [1.29, 1.82) is 0 Å². The molecule has 1 aliphatic rings. The minimum Gasteiger partial charge on any atom is -0.378 e. The first-order valence-corrected chi connectivity index (χ1v) is 10.2. The number of hydrogen-bond donors (Lipinski definition) is 2. The molecule has 10 heteroatoms. The van der Waals surface area contributed by atoms with Crippen LogP contribution in [0, 0.1) is 5.82 Å². The minimum atomic E-state index is -0.419. The number of carbonyl (C=O) groups excluding carboxylic acids is 2. The number of pyridine rings is 1. The molecule has 1 aromatic carbocycles. The second-order valence-corrected chi connectivity index (χ2v) is 7.25. The average Bonchev–Trinajstić information content (AvgIpc) is 2.83. The number of carbonyl (C=O) groups is 2. The maximum atomic E-state index is 13.0. The summed E-state index contributed by atoms with van der Waals surface area (Å²) in [6.45, 7) is 2.20. The molecule has 0 unspecified atom stereocenters. The van der Waals surface area contributed by atoms with Crippen molar-refractivity contribution >= 4 is 23.1 Å². The molecular weight excluding hydrogens is 417 g/mol. The Hall–Kier alpha value is -3.79. The molecule has 32 heavy (non-hydrogen) atoms. The van der Waals surface area contributed by atoms with Gasteiger partial charge in [0.15, 0.2) is 5.65 Å². The fraction of sp³-hybridized carbons (Fsp3) is 0.273. The van der Waals surface area contributed by atoms with Crippen molar-refractivity contribution in [3.05, 3.63) is 76.1 Å². The van der Waals surface area contributed by atoms with Crippen molar-refractivity contribution in [1.82, 2.24) is 19.6 Å². The zero-order valence-corrected chi connectivity index (χ0v) is 17.2. The monoisotopic (exact) mass is 439 g/mol. The van der Waals surface area contributed by atoms with Gasteiger partial charge in [-0.1, -0.05) is 12.1 Å². The van der Waals surface area contributed by atoms with E-state index in [-0.39, 0.29) is 41.7 Å². The van der Waals surface area contributed by atoms with E-state index in [1.54, 1.807) is 29.2 Å². The topological polar surface area (TPSA) is 105 Å². The van der Waals surface area contributed by atoms with Crippen LogP contribution in [0.1, 0.15) is 15.9 Å². The van der Waals surface area contributed by atoms with E-state index in [4.69, 9.17) is 4.74 Å². The molecule has 4 rings (SSSR count). The number of anilines is 1. The SMILES string of the molecule is O=C(NCc1ccc(F)cc1)c1cccn2c(=O)c(NCC(=O)N3CCOCC3)cnc12. The van der Waals surface area contributed by atoms with Crippen molar-refractivity contribution in [2.45, 2.75) is 6.54 Å². The van der Waals surface area contributed by atoms with Crippen LogP contribution in [0.5, 0.6) is 0 Å². The highest BCUT2D eigenvalue weighted by atomic mass is 19.1. The van der Waals surface area contributed by atoms with Gasteiger partial charge in [0.2, 0.25) is 5.91 Å². The molecule has 166 valence electrons. The molecule has 0 saturated carbocycles. The minimum absolute atomic E-state index is 0.0408. The third-order valence-corrected chi connectivity index (χ3v) is 5.14. The van der Waals surface area contributed by atoms with Gasteiger partial charge in [-0.15, -0.1) is 0 Å². The molecule has 2 N–H and O–H groups in total. The normalized spacial score (nSPS) is 13.7. The standard InChI is InChI=1S/C22H22FN5O4/c23-16-5-3-15(4-6-16)12-26-21(30)17-2-1-7-28-20(17)25-13-18(22(28)31)24-14-19(29)27-8-10-32-11-9-27/h1-7,13,24H,8-12,14H2,(H,26,30). The summed E-state index contributed by atoms with van der Waals surface area (Å²) in [6, 6.07) is 8.94. The van der Waals surface area contributed by atoms with Gasteiger partial charge < -0.3 is 20.3 Å². The van der Waals surface area contributed by atoms with Crippen LogP contribution in [0.25, 0.3) is 5.65 Å². The predicted molar refractivity (Wildman–Crippen MR) is 115 cm³/mol. The fourth-order valence-corrected chi connectivity index (χ4v) is 3.38. The molecule has 2 amide bonds. The maximum Gasteiger partial charge on any atom is 0.281 e. The Labute approximate surface area is 182 Å². The third-order valence-electron chi connectivity index (χ3n) is 5.14. The molecule has 0 bridgehead atoms. The Balaban J connectivity index is 1.47. The van der Waals surface area contributed by atoms with Gasteiger partial charge in [-0.25, -0.2) is 9.37 Å². The Morgan fingerprint density at radius 2 is 1.88 bits per heavy atom. The molecule has 0 aliphatic carbocycles. The number of amides is 2. The van der Waals surface area contributed by atoms with Gasteiger partial charge in [-0.3, -0.25) is 18.8 Å². The zero-order valence-electron chi connectivity index (χ0n) is 17.2. The van der Waals surface area contributed by atoms with Crippen molar-refractivity contribution in [3.63, 3.8) is 0 Å². The van der Waals surface area contributed by atoms with E-state index in [0.29, 0.717) is 26.3 Å². The lowest BCUT2D eigenvalue weighted by atomic mass is 10.2. The summed E-state index contributed by atoms with van der Waals surface area (Å²) in [5.41, 5.74) is 0.897. The summed E-state index contributed by atoms with van der Waals surface area (Å²) in [4.78, 5) is 43.8. The molecule has 0 spiro atoms. The molecule has 1 aliphatic heterocycles. The van der Waals surface area contributed by atoms with Gasteiger partial charge in [0.05, 0.1) is 31.5 Å². The molecule has 1 saturated heterocycles. The van der Waals surface area contributed by atoms with Crippen molar-refractivity contribution in [3.8, 4) is 0 Å². The van der Waals surface area contributed by atoms with E-state index in [1.165, 1.54) is 28.9 Å². The number of rotatable bonds is 6. The number of ether oxygens (including phenoxy) is 1. The van der Waals surface area contributed by atoms with Crippen molar-refractivity contribution in [2.75, 3.05) is 38.2 Å². The van der Waals surface area contributed by atoms with Gasteiger partial charge in [0.25, 0.3) is 11.5 Å². The lowest BCUT2D eigenvalue weighted by Crippen LogP contribution is -2.43. The molecule has 1 fully saturated rings.